The van der Waals surface area contributed by atoms with Crippen molar-refractivity contribution in [3.63, 3.8) is 0 Å². The Hall–Kier alpha value is -2.61. The molecule has 0 saturated carbocycles. The van der Waals surface area contributed by atoms with Gasteiger partial charge in [-0.1, -0.05) is 5.16 Å². The molecule has 0 bridgehead atoms. The fraction of sp³-hybridized carbons (Fsp3) is 0.500. The smallest absolute Gasteiger partial charge is 0.254 e. The molecule has 3 rings (SSSR count). The molecule has 1 aromatic heterocycles. The third-order valence-corrected chi connectivity index (χ3v) is 4.46. The van der Waals surface area contributed by atoms with Crippen molar-refractivity contribution in [3.8, 4) is 11.5 Å². The van der Waals surface area contributed by atoms with Crippen LogP contribution < -0.4 is 9.47 Å². The van der Waals surface area contributed by atoms with Crippen LogP contribution in [-0.4, -0.2) is 55.4 Å². The second kappa shape index (κ2) is 8.18. The molecule has 1 unspecified atom stereocenters. The van der Waals surface area contributed by atoms with Crippen molar-refractivity contribution < 1.29 is 23.5 Å². The fourth-order valence-corrected chi connectivity index (χ4v) is 3.14. The summed E-state index contributed by atoms with van der Waals surface area (Å²) in [6.07, 6.45) is 1.81. The van der Waals surface area contributed by atoms with Crippen LogP contribution in [0.15, 0.2) is 22.7 Å². The quantitative estimate of drug-likeness (QED) is 0.780. The first kappa shape index (κ1) is 18.2. The summed E-state index contributed by atoms with van der Waals surface area (Å²) in [7, 11) is 4.70. The van der Waals surface area contributed by atoms with Crippen LogP contribution in [0.2, 0.25) is 0 Å². The van der Waals surface area contributed by atoms with Crippen molar-refractivity contribution in [2.24, 2.45) is 0 Å². The van der Waals surface area contributed by atoms with E-state index in [1.165, 1.54) is 0 Å². The molecular weight excluding hydrogens is 338 g/mol. The molecule has 0 radical (unpaired) electrons. The van der Waals surface area contributed by atoms with Gasteiger partial charge in [-0.2, -0.15) is 4.98 Å². The van der Waals surface area contributed by atoms with Crippen molar-refractivity contribution in [2.45, 2.75) is 25.4 Å². The molecular formula is C18H23N3O5. The van der Waals surface area contributed by atoms with E-state index in [1.807, 2.05) is 4.90 Å². The Balaban J connectivity index is 1.73. The molecule has 0 aliphatic carbocycles. The molecule has 2 aromatic rings. The molecule has 1 fully saturated rings. The number of carbonyl (C=O) groups excluding carboxylic acids is 1. The topological polar surface area (TPSA) is 86.9 Å². The van der Waals surface area contributed by atoms with Crippen LogP contribution in [0, 0.1) is 0 Å². The number of likely N-dealkylation sites (tertiary alicyclic amines) is 1. The van der Waals surface area contributed by atoms with Crippen LogP contribution >= 0.6 is 0 Å². The lowest BCUT2D eigenvalue weighted by Gasteiger charge is -2.31. The van der Waals surface area contributed by atoms with Gasteiger partial charge in [0.25, 0.3) is 11.8 Å². The second-order valence-corrected chi connectivity index (χ2v) is 6.14. The maximum atomic E-state index is 12.9. The summed E-state index contributed by atoms with van der Waals surface area (Å²) in [6, 6.07) is 5.19. The minimum Gasteiger partial charge on any atom is -0.493 e. The van der Waals surface area contributed by atoms with E-state index < -0.39 is 0 Å². The van der Waals surface area contributed by atoms with Gasteiger partial charge >= 0.3 is 0 Å². The average Bonchev–Trinajstić information content (AvgIpc) is 3.16. The van der Waals surface area contributed by atoms with Crippen molar-refractivity contribution in [1.29, 1.82) is 0 Å². The van der Waals surface area contributed by atoms with Gasteiger partial charge in [-0.3, -0.25) is 4.79 Å². The Kier molecular flexibility index (Phi) is 5.72. The van der Waals surface area contributed by atoms with E-state index in [0.29, 0.717) is 41.9 Å². The van der Waals surface area contributed by atoms with Gasteiger partial charge in [0.1, 0.15) is 6.61 Å². The SMILES string of the molecule is COCc1nc(C2CCCN(C(=O)c3ccc(OC)c(OC)c3)C2)no1. The summed E-state index contributed by atoms with van der Waals surface area (Å²) in [6.45, 7) is 1.54. The summed E-state index contributed by atoms with van der Waals surface area (Å²) in [4.78, 5) is 19.1. The summed E-state index contributed by atoms with van der Waals surface area (Å²) in [5.74, 6) is 2.22. The minimum atomic E-state index is -0.0451. The zero-order valence-electron chi connectivity index (χ0n) is 15.2. The van der Waals surface area contributed by atoms with Crippen LogP contribution in [0.1, 0.15) is 40.8 Å². The molecule has 1 aliphatic rings. The first-order chi connectivity index (χ1) is 12.7. The highest BCUT2D eigenvalue weighted by atomic mass is 16.5. The van der Waals surface area contributed by atoms with Crippen LogP contribution in [0.4, 0.5) is 0 Å². The molecule has 26 heavy (non-hydrogen) atoms. The number of piperidine rings is 1. The molecule has 1 aromatic carbocycles. The lowest BCUT2D eigenvalue weighted by molar-refractivity contribution is 0.0703. The molecule has 8 heteroatoms. The molecule has 0 N–H and O–H groups in total. The van der Waals surface area contributed by atoms with Crippen LogP contribution in [0.5, 0.6) is 11.5 Å². The highest BCUT2D eigenvalue weighted by Gasteiger charge is 2.29. The summed E-state index contributed by atoms with van der Waals surface area (Å²) in [5, 5.41) is 4.03. The third kappa shape index (κ3) is 3.80. The van der Waals surface area contributed by atoms with Gasteiger partial charge in [0, 0.05) is 31.7 Å². The van der Waals surface area contributed by atoms with Crippen LogP contribution in [-0.2, 0) is 11.3 Å². The van der Waals surface area contributed by atoms with E-state index in [2.05, 4.69) is 10.1 Å². The van der Waals surface area contributed by atoms with Gasteiger partial charge in [0.2, 0.25) is 0 Å². The normalized spacial score (nSPS) is 17.2. The second-order valence-electron chi connectivity index (χ2n) is 6.14. The number of amides is 1. The largest absolute Gasteiger partial charge is 0.493 e. The highest BCUT2D eigenvalue weighted by Crippen LogP contribution is 2.30. The van der Waals surface area contributed by atoms with E-state index >= 15 is 0 Å². The van der Waals surface area contributed by atoms with Gasteiger partial charge in [-0.25, -0.2) is 0 Å². The summed E-state index contributed by atoms with van der Waals surface area (Å²) >= 11 is 0. The van der Waals surface area contributed by atoms with E-state index in [0.717, 1.165) is 12.8 Å². The number of rotatable bonds is 6. The van der Waals surface area contributed by atoms with E-state index in [1.54, 1.807) is 39.5 Å². The van der Waals surface area contributed by atoms with Crippen molar-refractivity contribution >= 4 is 5.91 Å². The Morgan fingerprint density at radius 1 is 1.27 bits per heavy atom. The van der Waals surface area contributed by atoms with Crippen LogP contribution in [0.3, 0.4) is 0 Å². The van der Waals surface area contributed by atoms with Crippen molar-refractivity contribution in [2.75, 3.05) is 34.4 Å². The molecule has 140 valence electrons. The number of hydrogen-bond acceptors (Lipinski definition) is 7. The lowest BCUT2D eigenvalue weighted by atomic mass is 9.96. The Morgan fingerprint density at radius 2 is 2.08 bits per heavy atom. The number of methoxy groups -OCH3 is 3. The zero-order chi connectivity index (χ0) is 18.5. The molecule has 2 heterocycles. The zero-order valence-corrected chi connectivity index (χ0v) is 15.2. The van der Waals surface area contributed by atoms with Gasteiger partial charge in [0.15, 0.2) is 17.3 Å². The predicted octanol–water partition coefficient (Wildman–Crippen LogP) is 2.25. The fourth-order valence-electron chi connectivity index (χ4n) is 3.14. The van der Waals surface area contributed by atoms with Crippen molar-refractivity contribution in [1.82, 2.24) is 15.0 Å². The number of benzene rings is 1. The molecule has 1 saturated heterocycles. The third-order valence-electron chi connectivity index (χ3n) is 4.46. The number of nitrogens with zero attached hydrogens (tertiary/aromatic N) is 3. The maximum Gasteiger partial charge on any atom is 0.254 e. The number of hydrogen-bond donors (Lipinski definition) is 0. The molecule has 1 atom stereocenters. The maximum absolute atomic E-state index is 12.9. The first-order valence-corrected chi connectivity index (χ1v) is 8.49. The number of aromatic nitrogens is 2. The minimum absolute atomic E-state index is 0.0451. The van der Waals surface area contributed by atoms with Gasteiger partial charge in [0.05, 0.1) is 14.2 Å². The molecule has 8 nitrogen and oxygen atoms in total. The van der Waals surface area contributed by atoms with E-state index in [-0.39, 0.29) is 18.4 Å². The van der Waals surface area contributed by atoms with Gasteiger partial charge < -0.3 is 23.6 Å². The lowest BCUT2D eigenvalue weighted by Crippen LogP contribution is -2.39. The first-order valence-electron chi connectivity index (χ1n) is 8.49. The Morgan fingerprint density at radius 3 is 2.81 bits per heavy atom. The summed E-state index contributed by atoms with van der Waals surface area (Å²) in [5.41, 5.74) is 0.566. The summed E-state index contributed by atoms with van der Waals surface area (Å²) < 4.78 is 20.7. The molecule has 1 amide bonds. The Labute approximate surface area is 152 Å². The van der Waals surface area contributed by atoms with Gasteiger partial charge in [-0.15, -0.1) is 0 Å². The monoisotopic (exact) mass is 361 g/mol. The van der Waals surface area contributed by atoms with Gasteiger partial charge in [-0.05, 0) is 31.0 Å². The average molecular weight is 361 g/mol. The number of carbonyl (C=O) groups is 1. The van der Waals surface area contributed by atoms with E-state index in [4.69, 9.17) is 18.7 Å². The molecule has 1 aliphatic heterocycles. The molecule has 0 spiro atoms. The predicted molar refractivity (Wildman–Crippen MR) is 92.4 cm³/mol. The number of ether oxygens (including phenoxy) is 3. The highest BCUT2D eigenvalue weighted by molar-refractivity contribution is 5.95. The Bertz CT molecular complexity index is 761. The van der Waals surface area contributed by atoms with Crippen LogP contribution in [0.25, 0.3) is 0 Å². The van der Waals surface area contributed by atoms with Crippen molar-refractivity contribution in [3.05, 3.63) is 35.5 Å². The van der Waals surface area contributed by atoms with E-state index in [9.17, 15) is 4.79 Å². The standard InChI is InChI=1S/C18H23N3O5/c1-23-11-16-19-17(20-26-16)13-5-4-8-21(10-13)18(22)12-6-7-14(24-2)15(9-12)25-3/h6-7,9,13H,4-5,8,10-11H2,1-3H3.